The highest BCUT2D eigenvalue weighted by atomic mass is 16.3. The van der Waals surface area contributed by atoms with E-state index in [4.69, 9.17) is 5.11 Å². The van der Waals surface area contributed by atoms with E-state index in [0.29, 0.717) is 11.3 Å². The first-order valence-electron chi connectivity index (χ1n) is 5.74. The van der Waals surface area contributed by atoms with Gasteiger partial charge in [-0.3, -0.25) is 4.98 Å². The number of nitrogens with one attached hydrogen (secondary N) is 1. The molecule has 0 radical (unpaired) electrons. The Bertz CT molecular complexity index is 314. The fourth-order valence-electron chi connectivity index (χ4n) is 1.24. The third-order valence-electron chi connectivity index (χ3n) is 3.04. The van der Waals surface area contributed by atoms with Crippen molar-refractivity contribution in [2.24, 2.45) is 11.3 Å². The molecular formula is C13H22N2O. The summed E-state index contributed by atoms with van der Waals surface area (Å²) in [5.41, 5.74) is 1.29. The Morgan fingerprint density at radius 3 is 2.56 bits per heavy atom. The zero-order chi connectivity index (χ0) is 12.2. The van der Waals surface area contributed by atoms with Gasteiger partial charge in [0.15, 0.2) is 0 Å². The second-order valence-corrected chi connectivity index (χ2v) is 5.41. The van der Waals surface area contributed by atoms with Gasteiger partial charge in [0.2, 0.25) is 0 Å². The highest BCUT2D eigenvalue weighted by Gasteiger charge is 2.19. The van der Waals surface area contributed by atoms with Crippen LogP contribution >= 0.6 is 0 Å². The molecule has 0 amide bonds. The summed E-state index contributed by atoms with van der Waals surface area (Å²) in [4.78, 5) is 4.12. The van der Waals surface area contributed by atoms with Crippen LogP contribution in [0.25, 0.3) is 0 Å². The minimum absolute atomic E-state index is 0.215. The van der Waals surface area contributed by atoms with Gasteiger partial charge in [0.25, 0.3) is 0 Å². The minimum atomic E-state index is 0.215. The van der Waals surface area contributed by atoms with Crippen LogP contribution in [0.2, 0.25) is 0 Å². The number of aromatic hydroxyl groups is 1. The highest BCUT2D eigenvalue weighted by molar-refractivity contribution is 5.17. The lowest BCUT2D eigenvalue weighted by molar-refractivity contribution is 0.252. The molecule has 1 aromatic rings. The van der Waals surface area contributed by atoms with E-state index in [1.54, 1.807) is 6.07 Å². The van der Waals surface area contributed by atoms with Crippen molar-refractivity contribution in [2.75, 3.05) is 6.54 Å². The first-order chi connectivity index (χ1) is 7.39. The maximum Gasteiger partial charge on any atom is 0.133 e. The van der Waals surface area contributed by atoms with Crippen LogP contribution in [0.1, 0.15) is 33.4 Å². The Balaban J connectivity index is 2.33. The van der Waals surface area contributed by atoms with Gasteiger partial charge >= 0.3 is 0 Å². The molecule has 0 aliphatic rings. The van der Waals surface area contributed by atoms with Gasteiger partial charge < -0.3 is 10.4 Å². The fourth-order valence-corrected chi connectivity index (χ4v) is 1.24. The second-order valence-electron chi connectivity index (χ2n) is 5.41. The van der Waals surface area contributed by atoms with E-state index >= 15 is 0 Å². The first kappa shape index (κ1) is 13.0. The Hall–Kier alpha value is -1.09. The highest BCUT2D eigenvalue weighted by Crippen LogP contribution is 2.24. The minimum Gasteiger partial charge on any atom is -0.506 e. The van der Waals surface area contributed by atoms with E-state index in [9.17, 15) is 0 Å². The number of rotatable bonds is 4. The molecule has 3 nitrogen and oxygen atoms in total. The van der Waals surface area contributed by atoms with Gasteiger partial charge in [0, 0.05) is 6.54 Å². The molecule has 0 spiro atoms. The predicted molar refractivity (Wildman–Crippen MR) is 66.2 cm³/mol. The maximum absolute atomic E-state index is 9.09. The quantitative estimate of drug-likeness (QED) is 0.823. The van der Waals surface area contributed by atoms with Crippen LogP contribution in [0.4, 0.5) is 0 Å². The lowest BCUT2D eigenvalue weighted by Gasteiger charge is -2.27. The summed E-state index contributed by atoms with van der Waals surface area (Å²) >= 11 is 0. The molecule has 0 bridgehead atoms. The second kappa shape index (κ2) is 5.30. The average Bonchev–Trinajstić information content (AvgIpc) is 2.19. The van der Waals surface area contributed by atoms with Crippen LogP contribution < -0.4 is 5.32 Å². The van der Waals surface area contributed by atoms with Crippen molar-refractivity contribution in [3.05, 3.63) is 24.0 Å². The molecule has 2 N–H and O–H groups in total. The lowest BCUT2D eigenvalue weighted by atomic mass is 9.82. The van der Waals surface area contributed by atoms with Gasteiger partial charge in [-0.1, -0.05) is 27.7 Å². The van der Waals surface area contributed by atoms with Gasteiger partial charge in [0.1, 0.15) is 5.75 Å². The van der Waals surface area contributed by atoms with Crippen molar-refractivity contribution >= 4 is 0 Å². The monoisotopic (exact) mass is 222 g/mol. The zero-order valence-electron chi connectivity index (χ0n) is 10.6. The molecule has 1 aromatic heterocycles. The topological polar surface area (TPSA) is 45.1 Å². The molecule has 0 saturated heterocycles. The van der Waals surface area contributed by atoms with E-state index < -0.39 is 0 Å². The summed E-state index contributed by atoms with van der Waals surface area (Å²) in [6.45, 7) is 10.7. The molecule has 1 unspecified atom stereocenters. The van der Waals surface area contributed by atoms with Crippen LogP contribution in [0.3, 0.4) is 0 Å². The Kier molecular flexibility index (Phi) is 4.30. The SMILES string of the molecule is CC(CNCc1ccc(O)cn1)C(C)(C)C. The van der Waals surface area contributed by atoms with Gasteiger partial charge in [-0.25, -0.2) is 0 Å². The smallest absolute Gasteiger partial charge is 0.133 e. The predicted octanol–water partition coefficient (Wildman–Crippen LogP) is 2.56. The molecular weight excluding hydrogens is 200 g/mol. The van der Waals surface area contributed by atoms with Gasteiger partial charge in [0.05, 0.1) is 11.9 Å². The van der Waals surface area contributed by atoms with Crippen molar-refractivity contribution in [2.45, 2.75) is 34.2 Å². The van der Waals surface area contributed by atoms with Crippen molar-refractivity contribution in [3.63, 3.8) is 0 Å². The number of hydrogen-bond donors (Lipinski definition) is 2. The lowest BCUT2D eigenvalue weighted by Crippen LogP contribution is -2.29. The molecule has 1 heterocycles. The summed E-state index contributed by atoms with van der Waals surface area (Å²) in [5, 5.41) is 12.5. The molecule has 0 aliphatic heterocycles. The molecule has 0 saturated carbocycles. The molecule has 0 aliphatic carbocycles. The molecule has 1 rings (SSSR count). The molecule has 0 fully saturated rings. The summed E-state index contributed by atoms with van der Waals surface area (Å²) in [6, 6.07) is 3.50. The molecule has 16 heavy (non-hydrogen) atoms. The van der Waals surface area contributed by atoms with Gasteiger partial charge in [-0.15, -0.1) is 0 Å². The third-order valence-corrected chi connectivity index (χ3v) is 3.04. The van der Waals surface area contributed by atoms with Crippen LogP contribution in [0.5, 0.6) is 5.75 Å². The first-order valence-corrected chi connectivity index (χ1v) is 5.74. The average molecular weight is 222 g/mol. The zero-order valence-corrected chi connectivity index (χ0v) is 10.6. The third kappa shape index (κ3) is 4.19. The van der Waals surface area contributed by atoms with Crippen LogP contribution in [0.15, 0.2) is 18.3 Å². The summed E-state index contributed by atoms with van der Waals surface area (Å²) in [6.07, 6.45) is 1.48. The maximum atomic E-state index is 9.09. The Labute approximate surface area is 97.9 Å². The Morgan fingerprint density at radius 2 is 2.06 bits per heavy atom. The van der Waals surface area contributed by atoms with Crippen molar-refractivity contribution < 1.29 is 5.11 Å². The Morgan fingerprint density at radius 1 is 1.38 bits per heavy atom. The van der Waals surface area contributed by atoms with E-state index in [1.807, 2.05) is 6.07 Å². The number of pyridine rings is 1. The summed E-state index contributed by atoms with van der Waals surface area (Å²) in [5.74, 6) is 0.830. The van der Waals surface area contributed by atoms with Crippen molar-refractivity contribution in [1.82, 2.24) is 10.3 Å². The van der Waals surface area contributed by atoms with E-state index in [1.165, 1.54) is 6.20 Å². The fraction of sp³-hybridized carbons (Fsp3) is 0.615. The van der Waals surface area contributed by atoms with Gasteiger partial charge in [-0.2, -0.15) is 0 Å². The number of aromatic nitrogens is 1. The van der Waals surface area contributed by atoms with Crippen LogP contribution in [0, 0.1) is 11.3 Å². The largest absolute Gasteiger partial charge is 0.506 e. The van der Waals surface area contributed by atoms with E-state index in [0.717, 1.165) is 18.8 Å². The molecule has 1 atom stereocenters. The van der Waals surface area contributed by atoms with E-state index in [-0.39, 0.29) is 5.75 Å². The number of nitrogens with zero attached hydrogens (tertiary/aromatic N) is 1. The summed E-state index contributed by atoms with van der Waals surface area (Å²) < 4.78 is 0. The number of hydrogen-bond acceptors (Lipinski definition) is 3. The molecule has 0 aromatic carbocycles. The van der Waals surface area contributed by atoms with Gasteiger partial charge in [-0.05, 0) is 30.0 Å². The van der Waals surface area contributed by atoms with Crippen molar-refractivity contribution in [3.8, 4) is 5.75 Å². The van der Waals surface area contributed by atoms with E-state index in [2.05, 4.69) is 38.0 Å². The molecule has 3 heteroatoms. The van der Waals surface area contributed by atoms with Crippen LogP contribution in [-0.2, 0) is 6.54 Å². The van der Waals surface area contributed by atoms with Crippen LogP contribution in [-0.4, -0.2) is 16.6 Å². The summed E-state index contributed by atoms with van der Waals surface area (Å²) in [7, 11) is 0. The molecule has 90 valence electrons. The standard InChI is InChI=1S/C13H22N2O/c1-10(13(2,3)4)7-14-8-11-5-6-12(16)9-15-11/h5-6,9-10,14,16H,7-8H2,1-4H3. The van der Waals surface area contributed by atoms with Crippen molar-refractivity contribution in [1.29, 1.82) is 0 Å². The normalized spacial score (nSPS) is 13.8.